The van der Waals surface area contributed by atoms with Crippen molar-refractivity contribution in [2.45, 2.75) is 17.7 Å². The zero-order chi connectivity index (χ0) is 22.7. The Morgan fingerprint density at radius 2 is 1.62 bits per heavy atom. The standard InChI is InChI=1S/C22H24ClN3O5S/c23-19-8-7-16(32(29,30)26-11-13-31-14-12-26)15-18(19)21(27)24-20-6-2-1-5-17(20)22(28)25-9-3-4-10-25/h1-2,5-8,15H,3-4,9-14H2,(H,24,27). The molecular formula is C22H24ClN3O5S. The van der Waals surface area contributed by atoms with E-state index in [1.54, 1.807) is 29.2 Å². The van der Waals surface area contributed by atoms with Gasteiger partial charge in [0.1, 0.15) is 0 Å². The summed E-state index contributed by atoms with van der Waals surface area (Å²) in [5.41, 5.74) is 0.757. The van der Waals surface area contributed by atoms with Crippen LogP contribution >= 0.6 is 11.6 Å². The van der Waals surface area contributed by atoms with Crippen molar-refractivity contribution >= 4 is 39.1 Å². The number of likely N-dealkylation sites (tertiary alicyclic amines) is 1. The van der Waals surface area contributed by atoms with E-state index in [4.69, 9.17) is 16.3 Å². The van der Waals surface area contributed by atoms with Gasteiger partial charge < -0.3 is 15.0 Å². The van der Waals surface area contributed by atoms with Crippen LogP contribution in [-0.4, -0.2) is 68.8 Å². The Balaban J connectivity index is 1.59. The average Bonchev–Trinajstić information content (AvgIpc) is 3.35. The lowest BCUT2D eigenvalue weighted by atomic mass is 10.1. The molecule has 0 aliphatic carbocycles. The maximum Gasteiger partial charge on any atom is 0.257 e. The fraction of sp³-hybridized carbons (Fsp3) is 0.364. The smallest absolute Gasteiger partial charge is 0.257 e. The van der Waals surface area contributed by atoms with E-state index in [1.165, 1.54) is 22.5 Å². The first kappa shape index (κ1) is 22.7. The van der Waals surface area contributed by atoms with Gasteiger partial charge in [-0.1, -0.05) is 23.7 Å². The molecule has 2 saturated heterocycles. The maximum atomic E-state index is 13.0. The number of amides is 2. The van der Waals surface area contributed by atoms with E-state index in [2.05, 4.69) is 5.32 Å². The largest absolute Gasteiger partial charge is 0.379 e. The van der Waals surface area contributed by atoms with Crippen LogP contribution in [0.25, 0.3) is 0 Å². The van der Waals surface area contributed by atoms with Crippen LogP contribution < -0.4 is 5.32 Å². The van der Waals surface area contributed by atoms with Gasteiger partial charge in [0.25, 0.3) is 11.8 Å². The second-order valence-electron chi connectivity index (χ2n) is 7.66. The van der Waals surface area contributed by atoms with Gasteiger partial charge in [0, 0.05) is 26.2 Å². The minimum absolute atomic E-state index is 0.0180. The van der Waals surface area contributed by atoms with Gasteiger partial charge in [0.05, 0.1) is 39.9 Å². The molecule has 2 aliphatic heterocycles. The second-order valence-corrected chi connectivity index (χ2v) is 10.0. The van der Waals surface area contributed by atoms with Gasteiger partial charge in [0.15, 0.2) is 0 Å². The molecule has 1 N–H and O–H groups in total. The summed E-state index contributed by atoms with van der Waals surface area (Å²) in [5.74, 6) is -0.733. The Morgan fingerprint density at radius 3 is 2.34 bits per heavy atom. The fourth-order valence-corrected chi connectivity index (χ4v) is 5.47. The zero-order valence-corrected chi connectivity index (χ0v) is 19.0. The molecule has 8 nitrogen and oxygen atoms in total. The van der Waals surface area contributed by atoms with E-state index in [-0.39, 0.29) is 34.5 Å². The third-order valence-corrected chi connectivity index (χ3v) is 7.81. The van der Waals surface area contributed by atoms with E-state index in [9.17, 15) is 18.0 Å². The van der Waals surface area contributed by atoms with Crippen molar-refractivity contribution in [1.82, 2.24) is 9.21 Å². The second kappa shape index (κ2) is 9.58. The lowest BCUT2D eigenvalue weighted by Gasteiger charge is -2.26. The van der Waals surface area contributed by atoms with Crippen LogP contribution in [0, 0.1) is 0 Å². The topological polar surface area (TPSA) is 96.0 Å². The number of hydrogen-bond donors (Lipinski definition) is 1. The van der Waals surface area contributed by atoms with Gasteiger partial charge in [-0.2, -0.15) is 4.31 Å². The van der Waals surface area contributed by atoms with Crippen molar-refractivity contribution < 1.29 is 22.7 Å². The quantitative estimate of drug-likeness (QED) is 0.714. The van der Waals surface area contributed by atoms with E-state index >= 15 is 0 Å². The Bertz CT molecular complexity index is 1130. The van der Waals surface area contributed by atoms with Gasteiger partial charge in [-0.3, -0.25) is 9.59 Å². The molecule has 2 amide bonds. The zero-order valence-electron chi connectivity index (χ0n) is 17.4. The number of sulfonamides is 1. The van der Waals surface area contributed by atoms with E-state index < -0.39 is 15.9 Å². The summed E-state index contributed by atoms with van der Waals surface area (Å²) in [6, 6.07) is 10.8. The van der Waals surface area contributed by atoms with Crippen molar-refractivity contribution in [1.29, 1.82) is 0 Å². The predicted molar refractivity (Wildman–Crippen MR) is 121 cm³/mol. The summed E-state index contributed by atoms with van der Waals surface area (Å²) >= 11 is 6.23. The van der Waals surface area contributed by atoms with Crippen LogP contribution in [0.3, 0.4) is 0 Å². The summed E-state index contributed by atoms with van der Waals surface area (Å²) < 4.78 is 32.5. The summed E-state index contributed by atoms with van der Waals surface area (Å²) in [4.78, 5) is 27.6. The molecule has 0 radical (unpaired) electrons. The van der Waals surface area contributed by atoms with Gasteiger partial charge >= 0.3 is 0 Å². The Hall–Kier alpha value is -2.46. The number of para-hydroxylation sites is 1. The van der Waals surface area contributed by atoms with Crippen molar-refractivity contribution in [2.75, 3.05) is 44.7 Å². The van der Waals surface area contributed by atoms with Crippen molar-refractivity contribution in [3.63, 3.8) is 0 Å². The normalized spacial score (nSPS) is 17.3. The first-order valence-corrected chi connectivity index (χ1v) is 12.3. The number of nitrogens with zero attached hydrogens (tertiary/aromatic N) is 2. The highest BCUT2D eigenvalue weighted by Crippen LogP contribution is 2.26. The van der Waals surface area contributed by atoms with E-state index in [0.717, 1.165) is 12.8 Å². The van der Waals surface area contributed by atoms with Crippen molar-refractivity contribution in [2.24, 2.45) is 0 Å². The molecule has 0 spiro atoms. The van der Waals surface area contributed by atoms with Crippen LogP contribution in [-0.2, 0) is 14.8 Å². The molecule has 2 aromatic rings. The minimum Gasteiger partial charge on any atom is -0.379 e. The first-order valence-electron chi connectivity index (χ1n) is 10.4. The number of carbonyl (C=O) groups is 2. The van der Waals surface area contributed by atoms with Crippen LogP contribution in [0.1, 0.15) is 33.6 Å². The molecule has 2 aliphatic rings. The average molecular weight is 478 g/mol. The van der Waals surface area contributed by atoms with Crippen LogP contribution in [0.5, 0.6) is 0 Å². The monoisotopic (exact) mass is 477 g/mol. The summed E-state index contributed by atoms with van der Waals surface area (Å²) in [6.45, 7) is 2.52. The number of morpholine rings is 1. The highest BCUT2D eigenvalue weighted by atomic mass is 35.5. The van der Waals surface area contributed by atoms with E-state index in [1.807, 2.05) is 0 Å². The number of hydrogen-bond acceptors (Lipinski definition) is 5. The minimum atomic E-state index is -3.79. The van der Waals surface area contributed by atoms with Gasteiger partial charge in [-0.15, -0.1) is 0 Å². The van der Waals surface area contributed by atoms with Crippen LogP contribution in [0.4, 0.5) is 5.69 Å². The molecule has 2 fully saturated rings. The first-order chi connectivity index (χ1) is 15.4. The van der Waals surface area contributed by atoms with Gasteiger partial charge in [-0.25, -0.2) is 8.42 Å². The van der Waals surface area contributed by atoms with Crippen LogP contribution in [0.15, 0.2) is 47.4 Å². The molecular weight excluding hydrogens is 454 g/mol. The fourth-order valence-electron chi connectivity index (χ4n) is 3.83. The summed E-state index contributed by atoms with van der Waals surface area (Å²) in [6.07, 6.45) is 1.92. The number of ether oxygens (including phenoxy) is 1. The highest BCUT2D eigenvalue weighted by molar-refractivity contribution is 7.89. The van der Waals surface area contributed by atoms with Gasteiger partial charge in [0.2, 0.25) is 10.0 Å². The Morgan fingerprint density at radius 1 is 0.938 bits per heavy atom. The van der Waals surface area contributed by atoms with Crippen molar-refractivity contribution in [3.05, 3.63) is 58.6 Å². The number of rotatable bonds is 5. The Kier molecular flexibility index (Phi) is 6.80. The molecule has 2 heterocycles. The number of nitrogens with one attached hydrogen (secondary N) is 1. The third-order valence-electron chi connectivity index (χ3n) is 5.59. The molecule has 32 heavy (non-hydrogen) atoms. The van der Waals surface area contributed by atoms with Crippen LogP contribution in [0.2, 0.25) is 5.02 Å². The maximum absolute atomic E-state index is 13.0. The molecule has 10 heteroatoms. The predicted octanol–water partition coefficient (Wildman–Crippen LogP) is 2.85. The number of anilines is 1. The molecule has 0 saturated carbocycles. The summed E-state index contributed by atoms with van der Waals surface area (Å²) in [7, 11) is -3.79. The lowest BCUT2D eigenvalue weighted by Crippen LogP contribution is -2.40. The van der Waals surface area contributed by atoms with Crippen molar-refractivity contribution in [3.8, 4) is 0 Å². The molecule has 0 bridgehead atoms. The Labute approximate surface area is 192 Å². The number of halogens is 1. The molecule has 0 aromatic heterocycles. The SMILES string of the molecule is O=C(Nc1ccccc1C(=O)N1CCCC1)c1cc(S(=O)(=O)N2CCOCC2)ccc1Cl. The molecule has 170 valence electrons. The van der Waals surface area contributed by atoms with Gasteiger partial charge in [-0.05, 0) is 43.2 Å². The lowest BCUT2D eigenvalue weighted by molar-refractivity contribution is 0.0730. The molecule has 2 aromatic carbocycles. The highest BCUT2D eigenvalue weighted by Gasteiger charge is 2.28. The number of carbonyl (C=O) groups excluding carboxylic acids is 2. The summed E-state index contributed by atoms with van der Waals surface area (Å²) in [5, 5.41) is 2.85. The van der Waals surface area contributed by atoms with E-state index in [0.29, 0.717) is 37.6 Å². The molecule has 0 unspecified atom stereocenters. The number of benzene rings is 2. The molecule has 0 atom stereocenters. The third kappa shape index (κ3) is 4.66. The molecule has 4 rings (SSSR count).